The zero-order valence-electron chi connectivity index (χ0n) is 8.21. The molecule has 84 valence electrons. The van der Waals surface area contributed by atoms with Crippen LogP contribution in [0.2, 0.25) is 0 Å². The van der Waals surface area contributed by atoms with E-state index in [4.69, 9.17) is 5.73 Å². The number of carbonyl (C=O) groups is 3. The summed E-state index contributed by atoms with van der Waals surface area (Å²) in [5, 5.41) is 7.08. The molecule has 1 unspecified atom stereocenters. The molecule has 5 amide bonds. The maximum atomic E-state index is 11.1. The van der Waals surface area contributed by atoms with Gasteiger partial charge in [-0.25, -0.2) is 9.59 Å². The van der Waals surface area contributed by atoms with E-state index in [0.29, 0.717) is 13.0 Å². The third kappa shape index (κ3) is 3.84. The summed E-state index contributed by atoms with van der Waals surface area (Å²) in [6.45, 7) is 0.484. The highest BCUT2D eigenvalue weighted by molar-refractivity contribution is 6.04. The monoisotopic (exact) mass is 214 g/mol. The topological polar surface area (TPSA) is 113 Å². The fourth-order valence-electron chi connectivity index (χ4n) is 1.35. The Morgan fingerprint density at radius 1 is 1.40 bits per heavy atom. The number of nitrogens with two attached hydrogens (primary N) is 1. The first-order valence-corrected chi connectivity index (χ1v) is 4.74. The smallest absolute Gasteiger partial charge is 0.322 e. The summed E-state index contributed by atoms with van der Waals surface area (Å²) >= 11 is 0. The standard InChI is InChI=1S/C8H14N4O3/c9-7(14)10-4-2-1-3-5-6(13)12-8(15)11-5/h5H,1-4H2,(H3,9,10,14)(H2,11,12,13,15). The van der Waals surface area contributed by atoms with Crippen molar-refractivity contribution in [2.24, 2.45) is 5.73 Å². The van der Waals surface area contributed by atoms with Crippen molar-refractivity contribution in [3.05, 3.63) is 0 Å². The second kappa shape index (κ2) is 5.18. The van der Waals surface area contributed by atoms with Crippen LogP contribution in [0.15, 0.2) is 0 Å². The van der Waals surface area contributed by atoms with Crippen LogP contribution in [0.25, 0.3) is 0 Å². The van der Waals surface area contributed by atoms with Crippen LogP contribution in [0.5, 0.6) is 0 Å². The maximum Gasteiger partial charge on any atom is 0.322 e. The van der Waals surface area contributed by atoms with Crippen molar-refractivity contribution in [2.75, 3.05) is 6.54 Å². The zero-order valence-corrected chi connectivity index (χ0v) is 8.21. The van der Waals surface area contributed by atoms with Crippen LogP contribution in [0.1, 0.15) is 19.3 Å². The van der Waals surface area contributed by atoms with Crippen molar-refractivity contribution in [3.63, 3.8) is 0 Å². The van der Waals surface area contributed by atoms with Crippen LogP contribution in [0, 0.1) is 0 Å². The van der Waals surface area contributed by atoms with Crippen molar-refractivity contribution >= 4 is 18.0 Å². The molecular formula is C8H14N4O3. The van der Waals surface area contributed by atoms with Crippen LogP contribution in [-0.2, 0) is 4.79 Å². The molecule has 0 aromatic carbocycles. The summed E-state index contributed by atoms with van der Waals surface area (Å²) in [5.74, 6) is -0.289. The van der Waals surface area contributed by atoms with Gasteiger partial charge in [0, 0.05) is 6.54 Å². The van der Waals surface area contributed by atoms with E-state index in [1.807, 2.05) is 0 Å². The van der Waals surface area contributed by atoms with Crippen molar-refractivity contribution in [1.82, 2.24) is 16.0 Å². The summed E-state index contributed by atoms with van der Waals surface area (Å²) in [6.07, 6.45) is 2.03. The quantitative estimate of drug-likeness (QED) is 0.349. The maximum absolute atomic E-state index is 11.1. The molecule has 1 rings (SSSR count). The Bertz CT molecular complexity index is 279. The van der Waals surface area contributed by atoms with Gasteiger partial charge in [-0.2, -0.15) is 0 Å². The summed E-state index contributed by atoms with van der Waals surface area (Å²) < 4.78 is 0. The molecule has 1 fully saturated rings. The Morgan fingerprint density at radius 2 is 2.13 bits per heavy atom. The number of amides is 5. The molecule has 0 aromatic rings. The van der Waals surface area contributed by atoms with Gasteiger partial charge in [-0.05, 0) is 19.3 Å². The number of urea groups is 2. The number of hydrogen-bond donors (Lipinski definition) is 4. The van der Waals surface area contributed by atoms with Gasteiger partial charge in [0.15, 0.2) is 0 Å². The van der Waals surface area contributed by atoms with E-state index in [9.17, 15) is 14.4 Å². The predicted molar refractivity (Wildman–Crippen MR) is 51.9 cm³/mol. The summed E-state index contributed by atoms with van der Waals surface area (Å²) in [4.78, 5) is 32.1. The van der Waals surface area contributed by atoms with Crippen LogP contribution in [0.4, 0.5) is 9.59 Å². The van der Waals surface area contributed by atoms with Crippen molar-refractivity contribution in [2.45, 2.75) is 25.3 Å². The molecule has 7 heteroatoms. The average Bonchev–Trinajstić information content (AvgIpc) is 2.44. The van der Waals surface area contributed by atoms with Crippen molar-refractivity contribution < 1.29 is 14.4 Å². The fourth-order valence-corrected chi connectivity index (χ4v) is 1.35. The van der Waals surface area contributed by atoms with Gasteiger partial charge in [-0.15, -0.1) is 0 Å². The van der Waals surface area contributed by atoms with Gasteiger partial charge in [0.05, 0.1) is 0 Å². The van der Waals surface area contributed by atoms with E-state index in [1.54, 1.807) is 0 Å². The predicted octanol–water partition coefficient (Wildman–Crippen LogP) is -0.967. The van der Waals surface area contributed by atoms with E-state index in [0.717, 1.165) is 12.8 Å². The SMILES string of the molecule is NC(=O)NCCCCC1NC(=O)NC1=O. The summed E-state index contributed by atoms with van der Waals surface area (Å²) in [5.41, 5.74) is 4.87. The minimum Gasteiger partial charge on any atom is -0.352 e. The van der Waals surface area contributed by atoms with Gasteiger partial charge in [0.2, 0.25) is 0 Å². The second-order valence-corrected chi connectivity index (χ2v) is 3.30. The molecule has 1 aliphatic rings. The molecule has 1 heterocycles. The number of nitrogens with one attached hydrogen (secondary N) is 3. The summed E-state index contributed by atoms with van der Waals surface area (Å²) in [7, 11) is 0. The van der Waals surface area contributed by atoms with Gasteiger partial charge in [-0.1, -0.05) is 0 Å². The number of unbranched alkanes of at least 4 members (excludes halogenated alkanes) is 1. The van der Waals surface area contributed by atoms with E-state index < -0.39 is 18.1 Å². The molecule has 7 nitrogen and oxygen atoms in total. The molecule has 0 spiro atoms. The average molecular weight is 214 g/mol. The molecule has 1 atom stereocenters. The molecular weight excluding hydrogens is 200 g/mol. The van der Waals surface area contributed by atoms with Gasteiger partial charge in [-0.3, -0.25) is 10.1 Å². The van der Waals surface area contributed by atoms with Gasteiger partial charge in [0.1, 0.15) is 6.04 Å². The fraction of sp³-hybridized carbons (Fsp3) is 0.625. The minimum absolute atomic E-state index is 0.289. The number of hydrogen-bond acceptors (Lipinski definition) is 3. The Balaban J connectivity index is 2.08. The van der Waals surface area contributed by atoms with E-state index in [1.165, 1.54) is 0 Å². The molecule has 0 radical (unpaired) electrons. The molecule has 0 saturated carbocycles. The zero-order chi connectivity index (χ0) is 11.3. The second-order valence-electron chi connectivity index (χ2n) is 3.30. The molecule has 1 aliphatic heterocycles. The van der Waals surface area contributed by atoms with Crippen LogP contribution in [-0.4, -0.2) is 30.6 Å². The first kappa shape index (κ1) is 11.3. The highest BCUT2D eigenvalue weighted by Crippen LogP contribution is 2.04. The van der Waals surface area contributed by atoms with Gasteiger partial charge in [0.25, 0.3) is 5.91 Å². The highest BCUT2D eigenvalue weighted by atomic mass is 16.2. The lowest BCUT2D eigenvalue weighted by molar-refractivity contribution is -0.120. The Morgan fingerprint density at radius 3 is 2.67 bits per heavy atom. The Labute approximate surface area is 86.8 Å². The molecule has 5 N–H and O–H groups in total. The minimum atomic E-state index is -0.554. The lowest BCUT2D eigenvalue weighted by atomic mass is 10.1. The third-order valence-corrected chi connectivity index (χ3v) is 2.08. The largest absolute Gasteiger partial charge is 0.352 e. The molecule has 0 aliphatic carbocycles. The first-order valence-electron chi connectivity index (χ1n) is 4.74. The number of primary amides is 1. The van der Waals surface area contributed by atoms with Gasteiger partial charge < -0.3 is 16.4 Å². The number of rotatable bonds is 5. The molecule has 0 aromatic heterocycles. The Kier molecular flexibility index (Phi) is 3.90. The van der Waals surface area contributed by atoms with Gasteiger partial charge >= 0.3 is 12.1 Å². The molecule has 1 saturated heterocycles. The normalized spacial score (nSPS) is 19.6. The summed E-state index contributed by atoms with van der Waals surface area (Å²) in [6, 6.07) is -1.44. The van der Waals surface area contributed by atoms with Crippen LogP contribution < -0.4 is 21.7 Å². The third-order valence-electron chi connectivity index (χ3n) is 2.08. The van der Waals surface area contributed by atoms with E-state index in [2.05, 4.69) is 16.0 Å². The first-order chi connectivity index (χ1) is 7.09. The lowest BCUT2D eigenvalue weighted by Crippen LogP contribution is -2.31. The van der Waals surface area contributed by atoms with Crippen LogP contribution in [0.3, 0.4) is 0 Å². The Hall–Kier alpha value is -1.79. The lowest BCUT2D eigenvalue weighted by Gasteiger charge is -2.06. The number of imide groups is 1. The highest BCUT2D eigenvalue weighted by Gasteiger charge is 2.28. The van der Waals surface area contributed by atoms with Crippen LogP contribution >= 0.6 is 0 Å². The van der Waals surface area contributed by atoms with E-state index in [-0.39, 0.29) is 5.91 Å². The van der Waals surface area contributed by atoms with Crippen molar-refractivity contribution in [3.8, 4) is 0 Å². The molecule has 15 heavy (non-hydrogen) atoms. The van der Waals surface area contributed by atoms with E-state index >= 15 is 0 Å². The van der Waals surface area contributed by atoms with Crippen molar-refractivity contribution in [1.29, 1.82) is 0 Å². The number of carbonyl (C=O) groups excluding carboxylic acids is 3. The molecule has 0 bridgehead atoms.